The molecule has 0 N–H and O–H groups in total. The molecule has 132 valence electrons. The van der Waals surface area contributed by atoms with Crippen molar-refractivity contribution in [3.63, 3.8) is 0 Å². The van der Waals surface area contributed by atoms with E-state index in [0.717, 1.165) is 47.6 Å². The van der Waals surface area contributed by atoms with Crippen LogP contribution in [0.4, 0.5) is 0 Å². The van der Waals surface area contributed by atoms with Crippen molar-refractivity contribution in [2.45, 2.75) is 25.3 Å². The van der Waals surface area contributed by atoms with Crippen LogP contribution < -0.4 is 4.74 Å². The van der Waals surface area contributed by atoms with Gasteiger partial charge in [0.1, 0.15) is 17.4 Å². The number of carbonyl (C=O) groups is 1. The van der Waals surface area contributed by atoms with E-state index in [0.29, 0.717) is 6.61 Å². The Bertz CT molecular complexity index is 934. The summed E-state index contributed by atoms with van der Waals surface area (Å²) in [6.45, 7) is 1.29. The second-order valence-electron chi connectivity index (χ2n) is 7.03. The van der Waals surface area contributed by atoms with Crippen molar-refractivity contribution in [3.8, 4) is 5.75 Å². The average Bonchev–Trinajstić information content (AvgIpc) is 3.33. The third-order valence-electron chi connectivity index (χ3n) is 5.36. The lowest BCUT2D eigenvalue weighted by molar-refractivity contribution is -0.137. The molecule has 1 saturated heterocycles. The molecule has 2 atom stereocenters. The number of ether oxygens (including phenoxy) is 1. The maximum atomic E-state index is 13.2. The van der Waals surface area contributed by atoms with Gasteiger partial charge in [-0.1, -0.05) is 30.3 Å². The molecule has 0 radical (unpaired) electrons. The van der Waals surface area contributed by atoms with E-state index in [1.807, 2.05) is 41.3 Å². The van der Waals surface area contributed by atoms with Gasteiger partial charge in [-0.3, -0.25) is 4.79 Å². The van der Waals surface area contributed by atoms with E-state index in [4.69, 9.17) is 9.72 Å². The number of hydrogen-bond donors (Lipinski definition) is 0. The molecule has 2 aliphatic heterocycles. The van der Waals surface area contributed by atoms with Gasteiger partial charge in [0.15, 0.2) is 0 Å². The molecule has 26 heavy (non-hydrogen) atoms. The summed E-state index contributed by atoms with van der Waals surface area (Å²) in [6.07, 6.45) is 2.80. The van der Waals surface area contributed by atoms with Gasteiger partial charge >= 0.3 is 0 Å². The highest BCUT2D eigenvalue weighted by Gasteiger charge is 2.37. The number of fused-ring (bicyclic) bond motifs is 2. The first-order valence-electron chi connectivity index (χ1n) is 9.16. The van der Waals surface area contributed by atoms with Crippen LogP contribution in [0.5, 0.6) is 5.75 Å². The molecule has 3 heterocycles. The highest BCUT2D eigenvalue weighted by molar-refractivity contribution is 7.18. The van der Waals surface area contributed by atoms with Crippen LogP contribution in [0.2, 0.25) is 0 Å². The molecule has 1 fully saturated rings. The Labute approximate surface area is 156 Å². The summed E-state index contributed by atoms with van der Waals surface area (Å²) in [4.78, 5) is 20.1. The quantitative estimate of drug-likeness (QED) is 0.684. The predicted molar refractivity (Wildman–Crippen MR) is 102 cm³/mol. The smallest absolute Gasteiger partial charge is 0.230 e. The van der Waals surface area contributed by atoms with Gasteiger partial charge in [0, 0.05) is 6.54 Å². The topological polar surface area (TPSA) is 42.4 Å². The Kier molecular flexibility index (Phi) is 3.89. The third kappa shape index (κ3) is 2.67. The van der Waals surface area contributed by atoms with E-state index in [1.54, 1.807) is 11.3 Å². The first-order valence-corrected chi connectivity index (χ1v) is 9.98. The zero-order chi connectivity index (χ0) is 17.5. The van der Waals surface area contributed by atoms with Crippen LogP contribution in [0.25, 0.3) is 10.2 Å². The van der Waals surface area contributed by atoms with Gasteiger partial charge < -0.3 is 9.64 Å². The number of nitrogens with zero attached hydrogens (tertiary/aromatic N) is 2. The minimum absolute atomic E-state index is 0.0973. The van der Waals surface area contributed by atoms with Crippen LogP contribution >= 0.6 is 11.3 Å². The summed E-state index contributed by atoms with van der Waals surface area (Å²) in [6, 6.07) is 16.3. The number of thiazole rings is 1. The van der Waals surface area contributed by atoms with Crippen LogP contribution in [0.1, 0.15) is 29.5 Å². The van der Waals surface area contributed by atoms with E-state index < -0.39 is 0 Å². The highest BCUT2D eigenvalue weighted by Crippen LogP contribution is 2.38. The SMILES string of the molecule is O=C(C1COc2ccccc2C1)N1CCCC1c1nc2ccccc2s1. The van der Waals surface area contributed by atoms with E-state index >= 15 is 0 Å². The van der Waals surface area contributed by atoms with E-state index in [-0.39, 0.29) is 17.9 Å². The number of rotatable bonds is 2. The van der Waals surface area contributed by atoms with Crippen molar-refractivity contribution >= 4 is 27.5 Å². The number of aromatic nitrogens is 1. The summed E-state index contributed by atoms with van der Waals surface area (Å²) < 4.78 is 7.04. The second-order valence-corrected chi connectivity index (χ2v) is 8.09. The fourth-order valence-electron chi connectivity index (χ4n) is 4.04. The largest absolute Gasteiger partial charge is 0.492 e. The molecule has 5 rings (SSSR count). The van der Waals surface area contributed by atoms with Crippen molar-refractivity contribution in [1.29, 1.82) is 0 Å². The molecule has 2 aliphatic rings. The minimum Gasteiger partial charge on any atom is -0.492 e. The lowest BCUT2D eigenvalue weighted by atomic mass is 9.95. The Morgan fingerprint density at radius 3 is 2.92 bits per heavy atom. The molecule has 1 aromatic heterocycles. The molecule has 2 aromatic carbocycles. The van der Waals surface area contributed by atoms with E-state index in [2.05, 4.69) is 12.1 Å². The van der Waals surface area contributed by atoms with Gasteiger partial charge in [0.05, 0.1) is 22.2 Å². The Balaban J connectivity index is 1.39. The molecular formula is C21H20N2O2S. The molecular weight excluding hydrogens is 344 g/mol. The Hall–Kier alpha value is -2.40. The number of likely N-dealkylation sites (tertiary alicyclic amines) is 1. The van der Waals surface area contributed by atoms with Gasteiger partial charge in [-0.15, -0.1) is 11.3 Å². The van der Waals surface area contributed by atoms with Crippen molar-refractivity contribution in [3.05, 3.63) is 59.1 Å². The summed E-state index contributed by atoms with van der Waals surface area (Å²) in [5.41, 5.74) is 2.16. The molecule has 1 amide bonds. The lowest BCUT2D eigenvalue weighted by Gasteiger charge is -2.30. The van der Waals surface area contributed by atoms with Crippen molar-refractivity contribution in [2.75, 3.05) is 13.2 Å². The van der Waals surface area contributed by atoms with Crippen molar-refractivity contribution in [2.24, 2.45) is 5.92 Å². The highest BCUT2D eigenvalue weighted by atomic mass is 32.1. The Morgan fingerprint density at radius 2 is 2.00 bits per heavy atom. The summed E-state index contributed by atoms with van der Waals surface area (Å²) in [5.74, 6) is 1.03. The summed E-state index contributed by atoms with van der Waals surface area (Å²) in [7, 11) is 0. The Morgan fingerprint density at radius 1 is 1.15 bits per heavy atom. The van der Waals surface area contributed by atoms with Gasteiger partial charge in [-0.25, -0.2) is 4.98 Å². The maximum Gasteiger partial charge on any atom is 0.230 e. The van der Waals surface area contributed by atoms with Crippen LogP contribution in [-0.4, -0.2) is 28.9 Å². The van der Waals surface area contributed by atoms with Crippen LogP contribution in [0.15, 0.2) is 48.5 Å². The second kappa shape index (κ2) is 6.40. The first-order chi connectivity index (χ1) is 12.8. The molecule has 0 bridgehead atoms. The van der Waals surface area contributed by atoms with Gasteiger partial charge in [0.2, 0.25) is 5.91 Å². The summed E-state index contributed by atoms with van der Waals surface area (Å²) >= 11 is 1.71. The van der Waals surface area contributed by atoms with Gasteiger partial charge in [-0.05, 0) is 43.0 Å². The first kappa shape index (κ1) is 15.8. The predicted octanol–water partition coefficient (Wildman–Crippen LogP) is 4.21. The number of para-hydroxylation sites is 2. The molecule has 0 saturated carbocycles. The monoisotopic (exact) mass is 364 g/mol. The maximum absolute atomic E-state index is 13.2. The van der Waals surface area contributed by atoms with Crippen LogP contribution in [-0.2, 0) is 11.2 Å². The van der Waals surface area contributed by atoms with Gasteiger partial charge in [0.25, 0.3) is 0 Å². The average molecular weight is 364 g/mol. The lowest BCUT2D eigenvalue weighted by Crippen LogP contribution is -2.40. The molecule has 5 heteroatoms. The van der Waals surface area contributed by atoms with Crippen LogP contribution in [0.3, 0.4) is 0 Å². The standard InChI is InChI=1S/C21H20N2O2S/c24-21(15-12-14-6-1-3-9-18(14)25-13-15)23-11-5-8-17(23)20-22-16-7-2-4-10-19(16)26-20/h1-4,6-7,9-10,15,17H,5,8,11-13H2. The normalized spacial score (nSPS) is 22.2. The number of hydrogen-bond acceptors (Lipinski definition) is 4. The molecule has 0 aliphatic carbocycles. The number of benzene rings is 2. The number of carbonyl (C=O) groups excluding carboxylic acids is 1. The van der Waals surface area contributed by atoms with Crippen molar-refractivity contribution in [1.82, 2.24) is 9.88 Å². The fraction of sp³-hybridized carbons (Fsp3) is 0.333. The molecule has 4 nitrogen and oxygen atoms in total. The van der Waals surface area contributed by atoms with Crippen LogP contribution in [0, 0.1) is 5.92 Å². The third-order valence-corrected chi connectivity index (χ3v) is 6.50. The van der Waals surface area contributed by atoms with Crippen molar-refractivity contribution < 1.29 is 9.53 Å². The van der Waals surface area contributed by atoms with E-state index in [9.17, 15) is 4.79 Å². The number of amides is 1. The zero-order valence-electron chi connectivity index (χ0n) is 14.4. The minimum atomic E-state index is -0.0973. The van der Waals surface area contributed by atoms with E-state index in [1.165, 1.54) is 4.70 Å². The zero-order valence-corrected chi connectivity index (χ0v) is 15.2. The van der Waals surface area contributed by atoms with Gasteiger partial charge in [-0.2, -0.15) is 0 Å². The molecule has 3 aromatic rings. The molecule has 2 unspecified atom stereocenters. The molecule has 0 spiro atoms. The fourth-order valence-corrected chi connectivity index (χ4v) is 5.16. The summed E-state index contributed by atoms with van der Waals surface area (Å²) in [5, 5.41) is 1.06.